The minimum atomic E-state index is -0.338. The molecule has 7 nitrogen and oxygen atoms in total. The van der Waals surface area contributed by atoms with E-state index in [1.54, 1.807) is 19.2 Å². The topological polar surface area (TPSA) is 99.1 Å². The van der Waals surface area contributed by atoms with Crippen LogP contribution in [0.4, 0.5) is 16.3 Å². The van der Waals surface area contributed by atoms with Gasteiger partial charge >= 0.3 is 6.03 Å². The van der Waals surface area contributed by atoms with E-state index in [2.05, 4.69) is 33.1 Å². The molecule has 0 saturated carbocycles. The van der Waals surface area contributed by atoms with Crippen molar-refractivity contribution in [3.8, 4) is 11.8 Å². The van der Waals surface area contributed by atoms with Crippen LogP contribution in [0.1, 0.15) is 16.7 Å². The van der Waals surface area contributed by atoms with E-state index in [1.165, 1.54) is 0 Å². The molecule has 0 aliphatic heterocycles. The number of fused-ring (bicyclic) bond motifs is 1. The Balaban J connectivity index is 1.61. The number of anilines is 2. The first-order valence-electron chi connectivity index (χ1n) is 9.25. The molecule has 7 heteroatoms. The van der Waals surface area contributed by atoms with Crippen molar-refractivity contribution in [2.75, 3.05) is 30.8 Å². The Kier molecular flexibility index (Phi) is 6.15. The van der Waals surface area contributed by atoms with Gasteiger partial charge in [0.05, 0.1) is 23.9 Å². The summed E-state index contributed by atoms with van der Waals surface area (Å²) >= 11 is 0. The molecule has 0 atom stereocenters. The van der Waals surface area contributed by atoms with Crippen LogP contribution in [-0.4, -0.2) is 31.2 Å². The zero-order valence-electron chi connectivity index (χ0n) is 16.7. The fourth-order valence-electron chi connectivity index (χ4n) is 3.14. The van der Waals surface area contributed by atoms with Gasteiger partial charge in [0, 0.05) is 18.5 Å². The maximum atomic E-state index is 12.1. The number of carbonyl (C=O) groups excluding carboxylic acids is 1. The van der Waals surface area contributed by atoms with Crippen LogP contribution in [0.3, 0.4) is 0 Å². The average molecular weight is 389 g/mol. The highest BCUT2D eigenvalue weighted by Crippen LogP contribution is 2.24. The number of pyridine rings is 1. The number of hydrogen-bond donors (Lipinski definition) is 3. The Morgan fingerprint density at radius 3 is 2.72 bits per heavy atom. The fourth-order valence-corrected chi connectivity index (χ4v) is 3.14. The molecular weight excluding hydrogens is 366 g/mol. The lowest BCUT2D eigenvalue weighted by molar-refractivity contribution is 0.252. The molecule has 1 aromatic heterocycles. The van der Waals surface area contributed by atoms with E-state index in [-0.39, 0.29) is 6.03 Å². The average Bonchev–Trinajstić information content (AvgIpc) is 2.71. The third kappa shape index (κ3) is 4.74. The lowest BCUT2D eigenvalue weighted by Crippen LogP contribution is -2.32. The summed E-state index contributed by atoms with van der Waals surface area (Å²) in [6.45, 7) is 4.81. The molecule has 0 aliphatic rings. The smallest absolute Gasteiger partial charge is 0.319 e. The molecule has 3 rings (SSSR count). The summed E-state index contributed by atoms with van der Waals surface area (Å²) in [6.07, 6.45) is 0. The van der Waals surface area contributed by atoms with E-state index in [4.69, 9.17) is 4.74 Å². The number of methoxy groups -OCH3 is 1. The van der Waals surface area contributed by atoms with Gasteiger partial charge in [0.15, 0.2) is 0 Å². The highest BCUT2D eigenvalue weighted by atomic mass is 16.5. The van der Waals surface area contributed by atoms with Gasteiger partial charge in [-0.2, -0.15) is 5.26 Å². The summed E-state index contributed by atoms with van der Waals surface area (Å²) < 4.78 is 5.21. The first-order chi connectivity index (χ1) is 14.0. The summed E-state index contributed by atoms with van der Waals surface area (Å²) in [6, 6.07) is 15.0. The van der Waals surface area contributed by atoms with Crippen LogP contribution in [0.15, 0.2) is 42.5 Å². The van der Waals surface area contributed by atoms with Crippen LogP contribution in [0.2, 0.25) is 0 Å². The van der Waals surface area contributed by atoms with Gasteiger partial charge in [-0.25, -0.2) is 9.78 Å². The highest BCUT2D eigenvalue weighted by molar-refractivity contribution is 5.91. The largest absolute Gasteiger partial charge is 0.495 e. The monoisotopic (exact) mass is 389 g/mol. The van der Waals surface area contributed by atoms with Gasteiger partial charge in [0.25, 0.3) is 0 Å². The summed E-state index contributed by atoms with van der Waals surface area (Å²) in [5, 5.41) is 19.1. The molecule has 3 aromatic rings. The minimum absolute atomic E-state index is 0.338. The number of hydrogen-bond acceptors (Lipinski definition) is 5. The Bertz CT molecular complexity index is 1090. The number of urea groups is 1. The number of rotatable bonds is 6. The van der Waals surface area contributed by atoms with Gasteiger partial charge in [0.1, 0.15) is 17.6 Å². The number of nitriles is 1. The van der Waals surface area contributed by atoms with Gasteiger partial charge in [0.2, 0.25) is 0 Å². The van der Waals surface area contributed by atoms with Crippen molar-refractivity contribution >= 4 is 28.4 Å². The van der Waals surface area contributed by atoms with Gasteiger partial charge in [-0.15, -0.1) is 0 Å². The second kappa shape index (κ2) is 8.93. The predicted molar refractivity (Wildman–Crippen MR) is 114 cm³/mol. The molecule has 0 fully saturated rings. The third-order valence-corrected chi connectivity index (χ3v) is 4.43. The molecule has 0 saturated heterocycles. The number of aromatic nitrogens is 1. The van der Waals surface area contributed by atoms with Gasteiger partial charge in [-0.3, -0.25) is 0 Å². The Hall–Kier alpha value is -3.79. The molecule has 1 heterocycles. The van der Waals surface area contributed by atoms with Crippen LogP contribution in [-0.2, 0) is 0 Å². The lowest BCUT2D eigenvalue weighted by Gasteiger charge is -2.13. The maximum absolute atomic E-state index is 12.1. The van der Waals surface area contributed by atoms with Crippen LogP contribution in [0, 0.1) is 25.2 Å². The molecular formula is C22H23N5O2. The van der Waals surface area contributed by atoms with Gasteiger partial charge < -0.3 is 20.7 Å². The number of ether oxygens (including phenoxy) is 1. The molecule has 0 radical (unpaired) electrons. The van der Waals surface area contributed by atoms with Gasteiger partial charge in [-0.1, -0.05) is 23.8 Å². The van der Waals surface area contributed by atoms with Crippen molar-refractivity contribution in [2.24, 2.45) is 0 Å². The number of nitrogens with zero attached hydrogens (tertiary/aromatic N) is 2. The van der Waals surface area contributed by atoms with E-state index < -0.39 is 0 Å². The molecule has 0 aliphatic carbocycles. The van der Waals surface area contributed by atoms with Crippen LogP contribution >= 0.6 is 0 Å². The zero-order chi connectivity index (χ0) is 20.8. The summed E-state index contributed by atoms with van der Waals surface area (Å²) in [5.74, 6) is 1.10. The molecule has 3 N–H and O–H groups in total. The fraction of sp³-hybridized carbons (Fsp3) is 0.227. The van der Waals surface area contributed by atoms with Crippen LogP contribution in [0.5, 0.6) is 5.75 Å². The summed E-state index contributed by atoms with van der Waals surface area (Å²) in [5.41, 5.74) is 4.11. The SMILES string of the molecule is COc1ccccc1NC(=O)NCCNc1nc2c(C)cc(C)cc2cc1C#N. The summed E-state index contributed by atoms with van der Waals surface area (Å²) in [4.78, 5) is 16.7. The van der Waals surface area contributed by atoms with Crippen molar-refractivity contribution in [2.45, 2.75) is 13.8 Å². The number of nitrogens with one attached hydrogen (secondary N) is 3. The number of para-hydroxylation sites is 2. The minimum Gasteiger partial charge on any atom is -0.495 e. The molecule has 0 spiro atoms. The number of amides is 2. The third-order valence-electron chi connectivity index (χ3n) is 4.43. The van der Waals surface area contributed by atoms with Gasteiger partial charge in [-0.05, 0) is 43.7 Å². The van der Waals surface area contributed by atoms with Crippen molar-refractivity contribution in [3.63, 3.8) is 0 Å². The second-order valence-corrected chi connectivity index (χ2v) is 6.66. The van der Waals surface area contributed by atoms with Crippen LogP contribution < -0.4 is 20.7 Å². The zero-order valence-corrected chi connectivity index (χ0v) is 16.7. The number of aryl methyl sites for hydroxylation is 2. The standard InChI is InChI=1S/C22H23N5O2/c1-14-10-15(2)20-16(11-14)12-17(13-23)21(27-20)24-8-9-25-22(28)26-18-6-4-5-7-19(18)29-3/h4-7,10-12H,8-9H2,1-3H3,(H,24,27)(H2,25,26,28). The first kappa shape index (κ1) is 20.0. The van der Waals surface area contributed by atoms with E-state index in [9.17, 15) is 10.1 Å². The van der Waals surface area contributed by atoms with E-state index >= 15 is 0 Å². The molecule has 2 aromatic carbocycles. The Morgan fingerprint density at radius 1 is 1.17 bits per heavy atom. The van der Waals surface area contributed by atoms with E-state index in [0.29, 0.717) is 35.9 Å². The molecule has 0 bridgehead atoms. The van der Waals surface area contributed by atoms with Crippen molar-refractivity contribution < 1.29 is 9.53 Å². The predicted octanol–water partition coefficient (Wildman–Crippen LogP) is 3.97. The Labute approximate surface area is 169 Å². The first-order valence-corrected chi connectivity index (χ1v) is 9.25. The quantitative estimate of drug-likeness (QED) is 0.554. The summed E-state index contributed by atoms with van der Waals surface area (Å²) in [7, 11) is 1.55. The number of benzene rings is 2. The van der Waals surface area contributed by atoms with Crippen molar-refractivity contribution in [3.05, 3.63) is 59.2 Å². The van der Waals surface area contributed by atoms with E-state index in [0.717, 1.165) is 22.0 Å². The van der Waals surface area contributed by atoms with E-state index in [1.807, 2.05) is 38.1 Å². The van der Waals surface area contributed by atoms with Crippen molar-refractivity contribution in [1.29, 1.82) is 5.26 Å². The molecule has 0 unspecified atom stereocenters. The highest BCUT2D eigenvalue weighted by Gasteiger charge is 2.10. The van der Waals surface area contributed by atoms with Crippen LogP contribution in [0.25, 0.3) is 10.9 Å². The number of carbonyl (C=O) groups is 1. The van der Waals surface area contributed by atoms with Crippen molar-refractivity contribution in [1.82, 2.24) is 10.3 Å². The lowest BCUT2D eigenvalue weighted by atomic mass is 10.1. The maximum Gasteiger partial charge on any atom is 0.319 e. The molecule has 2 amide bonds. The molecule has 29 heavy (non-hydrogen) atoms. The second-order valence-electron chi connectivity index (χ2n) is 6.66. The molecule has 148 valence electrons. The Morgan fingerprint density at radius 2 is 1.97 bits per heavy atom. The normalized spacial score (nSPS) is 10.3.